The summed E-state index contributed by atoms with van der Waals surface area (Å²) in [6.07, 6.45) is 11.5. The molecule has 0 saturated heterocycles. The largest absolute Gasteiger partial charge is 0.242 e. The van der Waals surface area contributed by atoms with Gasteiger partial charge in [0.25, 0.3) is 0 Å². The maximum atomic E-state index is 4.48. The van der Waals surface area contributed by atoms with Crippen LogP contribution in [-0.4, -0.2) is 4.98 Å². The Morgan fingerprint density at radius 3 is 2.87 bits per heavy atom. The number of aryl methyl sites for hydroxylation is 1. The standard InChI is InChI=1S/C13H17NS/c1-4-6-8-12(9-7-5-2)13-10-15-11(3)14-13/h4,6-10H,5H2,1-3H3/b6-4-,9-7+,12-8+. The molecule has 0 aliphatic rings. The number of hydrogen-bond acceptors (Lipinski definition) is 2. The second kappa shape index (κ2) is 6.36. The first-order valence-electron chi connectivity index (χ1n) is 5.20. The minimum atomic E-state index is 1.05. The predicted molar refractivity (Wildman–Crippen MR) is 69.1 cm³/mol. The summed E-state index contributed by atoms with van der Waals surface area (Å²) in [6.45, 7) is 6.19. The van der Waals surface area contributed by atoms with Crippen LogP contribution in [0.5, 0.6) is 0 Å². The first-order chi connectivity index (χ1) is 7.27. The number of thiazole rings is 1. The van der Waals surface area contributed by atoms with Crippen molar-refractivity contribution in [3.8, 4) is 0 Å². The zero-order chi connectivity index (χ0) is 11.1. The summed E-state index contributed by atoms with van der Waals surface area (Å²) in [6, 6.07) is 0. The average Bonchev–Trinajstić information content (AvgIpc) is 2.65. The molecule has 1 nitrogen and oxygen atoms in total. The molecule has 2 heteroatoms. The van der Waals surface area contributed by atoms with Crippen molar-refractivity contribution >= 4 is 16.9 Å². The van der Waals surface area contributed by atoms with E-state index < -0.39 is 0 Å². The van der Waals surface area contributed by atoms with Crippen molar-refractivity contribution in [1.82, 2.24) is 4.98 Å². The second-order valence-electron chi connectivity index (χ2n) is 3.21. The Balaban J connectivity index is 2.95. The molecule has 80 valence electrons. The maximum absolute atomic E-state index is 4.48. The van der Waals surface area contributed by atoms with Crippen LogP contribution in [0, 0.1) is 6.92 Å². The summed E-state index contributed by atoms with van der Waals surface area (Å²) >= 11 is 1.69. The molecule has 1 aromatic heterocycles. The Hall–Kier alpha value is -1.15. The number of nitrogens with zero attached hydrogens (tertiary/aromatic N) is 1. The second-order valence-corrected chi connectivity index (χ2v) is 4.27. The lowest BCUT2D eigenvalue weighted by molar-refractivity contribution is 1.22. The van der Waals surface area contributed by atoms with Crippen LogP contribution in [0.15, 0.2) is 35.8 Å². The van der Waals surface area contributed by atoms with E-state index >= 15 is 0 Å². The van der Waals surface area contributed by atoms with Gasteiger partial charge in [0.2, 0.25) is 0 Å². The summed E-state index contributed by atoms with van der Waals surface area (Å²) in [7, 11) is 0. The van der Waals surface area contributed by atoms with E-state index in [0.29, 0.717) is 0 Å². The monoisotopic (exact) mass is 219 g/mol. The Bertz CT molecular complexity index is 383. The minimum Gasteiger partial charge on any atom is -0.242 e. The molecule has 0 bridgehead atoms. The lowest BCUT2D eigenvalue weighted by Gasteiger charge is -1.95. The van der Waals surface area contributed by atoms with Crippen molar-refractivity contribution in [2.45, 2.75) is 27.2 Å². The molecule has 0 spiro atoms. The summed E-state index contributed by atoms with van der Waals surface area (Å²) in [5.41, 5.74) is 2.25. The van der Waals surface area contributed by atoms with Crippen molar-refractivity contribution in [1.29, 1.82) is 0 Å². The van der Waals surface area contributed by atoms with Gasteiger partial charge in [-0.25, -0.2) is 4.98 Å². The van der Waals surface area contributed by atoms with Gasteiger partial charge in [-0.1, -0.05) is 37.3 Å². The molecule has 1 heterocycles. The molecule has 0 atom stereocenters. The fourth-order valence-corrected chi connectivity index (χ4v) is 1.79. The van der Waals surface area contributed by atoms with Gasteiger partial charge in [-0.05, 0) is 20.3 Å². The van der Waals surface area contributed by atoms with E-state index in [-0.39, 0.29) is 0 Å². The molecule has 1 rings (SSSR count). The molecule has 0 fully saturated rings. The van der Waals surface area contributed by atoms with Gasteiger partial charge < -0.3 is 0 Å². The van der Waals surface area contributed by atoms with Crippen LogP contribution in [0.4, 0.5) is 0 Å². The number of hydrogen-bond donors (Lipinski definition) is 0. The van der Waals surface area contributed by atoms with E-state index in [1.54, 1.807) is 11.3 Å². The molecule has 15 heavy (non-hydrogen) atoms. The van der Waals surface area contributed by atoms with Gasteiger partial charge in [0.15, 0.2) is 0 Å². The van der Waals surface area contributed by atoms with Gasteiger partial charge in [0.05, 0.1) is 10.7 Å². The highest BCUT2D eigenvalue weighted by molar-refractivity contribution is 7.09. The van der Waals surface area contributed by atoms with Crippen molar-refractivity contribution in [2.24, 2.45) is 0 Å². The van der Waals surface area contributed by atoms with Crippen LogP contribution in [0.25, 0.3) is 5.57 Å². The Labute approximate surface area is 95.9 Å². The van der Waals surface area contributed by atoms with Crippen molar-refractivity contribution in [3.05, 3.63) is 46.5 Å². The van der Waals surface area contributed by atoms with Gasteiger partial charge in [0, 0.05) is 11.0 Å². The van der Waals surface area contributed by atoms with Gasteiger partial charge in [-0.2, -0.15) is 0 Å². The third kappa shape index (κ3) is 3.84. The molecular formula is C13H17NS. The third-order valence-corrected chi connectivity index (χ3v) is 2.69. The molecule has 0 saturated carbocycles. The molecule has 0 radical (unpaired) electrons. The van der Waals surface area contributed by atoms with E-state index in [2.05, 4.69) is 35.5 Å². The molecule has 0 amide bonds. The summed E-state index contributed by atoms with van der Waals surface area (Å²) in [5, 5.41) is 3.21. The maximum Gasteiger partial charge on any atom is 0.0901 e. The lowest BCUT2D eigenvalue weighted by atomic mass is 10.1. The van der Waals surface area contributed by atoms with Crippen molar-refractivity contribution in [2.75, 3.05) is 0 Å². The highest BCUT2D eigenvalue weighted by Gasteiger charge is 2.00. The Morgan fingerprint density at radius 2 is 2.33 bits per heavy atom. The summed E-state index contributed by atoms with van der Waals surface area (Å²) in [5.74, 6) is 0. The minimum absolute atomic E-state index is 1.05. The SMILES string of the molecule is C\C=C/C=C(\C=C\CC)c1csc(C)n1. The molecule has 0 aliphatic carbocycles. The molecule has 0 unspecified atom stereocenters. The van der Waals surface area contributed by atoms with E-state index in [1.807, 2.05) is 26.0 Å². The first-order valence-corrected chi connectivity index (χ1v) is 6.08. The zero-order valence-corrected chi connectivity index (χ0v) is 10.3. The van der Waals surface area contributed by atoms with Crippen molar-refractivity contribution in [3.63, 3.8) is 0 Å². The first kappa shape index (κ1) is 11.9. The fraction of sp³-hybridized carbons (Fsp3) is 0.308. The molecule has 0 aromatic carbocycles. The van der Waals surface area contributed by atoms with Crippen LogP contribution in [-0.2, 0) is 0 Å². The van der Waals surface area contributed by atoms with Crippen LogP contribution < -0.4 is 0 Å². The van der Waals surface area contributed by atoms with Gasteiger partial charge in [-0.3, -0.25) is 0 Å². The molecule has 0 N–H and O–H groups in total. The molecule has 0 aliphatic heterocycles. The van der Waals surface area contributed by atoms with E-state index in [4.69, 9.17) is 0 Å². The quantitative estimate of drug-likeness (QED) is 0.685. The predicted octanol–water partition coefficient (Wildman–Crippen LogP) is 4.38. The topological polar surface area (TPSA) is 12.9 Å². The van der Waals surface area contributed by atoms with E-state index in [1.165, 1.54) is 5.57 Å². The van der Waals surface area contributed by atoms with E-state index in [9.17, 15) is 0 Å². The number of rotatable bonds is 4. The van der Waals surface area contributed by atoms with Crippen LogP contribution in [0.1, 0.15) is 31.0 Å². The van der Waals surface area contributed by atoms with Crippen LogP contribution >= 0.6 is 11.3 Å². The van der Waals surface area contributed by atoms with Gasteiger partial charge in [-0.15, -0.1) is 11.3 Å². The molecule has 1 aromatic rings. The third-order valence-electron chi connectivity index (χ3n) is 1.92. The van der Waals surface area contributed by atoms with Gasteiger partial charge in [0.1, 0.15) is 0 Å². The fourth-order valence-electron chi connectivity index (χ4n) is 1.17. The number of allylic oxidation sites excluding steroid dienone is 6. The Morgan fingerprint density at radius 1 is 1.53 bits per heavy atom. The summed E-state index contributed by atoms with van der Waals surface area (Å²) < 4.78 is 0. The zero-order valence-electron chi connectivity index (χ0n) is 9.53. The highest BCUT2D eigenvalue weighted by atomic mass is 32.1. The normalized spacial score (nSPS) is 13.1. The van der Waals surface area contributed by atoms with Crippen LogP contribution in [0.2, 0.25) is 0 Å². The van der Waals surface area contributed by atoms with Crippen molar-refractivity contribution < 1.29 is 0 Å². The highest BCUT2D eigenvalue weighted by Crippen LogP contribution is 2.18. The molecular weight excluding hydrogens is 202 g/mol. The summed E-state index contributed by atoms with van der Waals surface area (Å²) in [4.78, 5) is 4.48. The average molecular weight is 219 g/mol. The number of aromatic nitrogens is 1. The van der Waals surface area contributed by atoms with Crippen LogP contribution in [0.3, 0.4) is 0 Å². The lowest BCUT2D eigenvalue weighted by Crippen LogP contribution is -1.81. The van der Waals surface area contributed by atoms with Gasteiger partial charge >= 0.3 is 0 Å². The van der Waals surface area contributed by atoms with E-state index in [0.717, 1.165) is 17.1 Å². The Kier molecular flexibility index (Phi) is 5.05. The smallest absolute Gasteiger partial charge is 0.0901 e.